The topological polar surface area (TPSA) is 137 Å². The zero-order valence-electron chi connectivity index (χ0n) is 21.7. The first-order valence-electron chi connectivity index (χ1n) is 12.9. The molecule has 0 aliphatic carbocycles. The largest absolute Gasteiger partial charge is 0.506 e. The summed E-state index contributed by atoms with van der Waals surface area (Å²) in [7, 11) is 0. The number of carbonyl (C=O) groups excluding carboxylic acids is 1. The molecule has 0 bridgehead atoms. The van der Waals surface area contributed by atoms with Crippen molar-refractivity contribution in [2.45, 2.75) is 25.6 Å². The first-order valence-corrected chi connectivity index (χ1v) is 12.9. The summed E-state index contributed by atoms with van der Waals surface area (Å²) in [6.45, 7) is 3.30. The number of hydrogen-bond acceptors (Lipinski definition) is 9. The number of para-hydroxylation sites is 3. The highest BCUT2D eigenvalue weighted by atomic mass is 16.7. The summed E-state index contributed by atoms with van der Waals surface area (Å²) in [5.74, 6) is -1.69. The van der Waals surface area contributed by atoms with Gasteiger partial charge in [-0.25, -0.2) is 0 Å². The van der Waals surface area contributed by atoms with Crippen molar-refractivity contribution in [1.82, 2.24) is 0 Å². The lowest BCUT2D eigenvalue weighted by Gasteiger charge is -2.36. The molecule has 10 heteroatoms. The van der Waals surface area contributed by atoms with E-state index in [1.54, 1.807) is 48.5 Å². The van der Waals surface area contributed by atoms with Crippen LogP contribution in [0, 0.1) is 5.92 Å². The van der Waals surface area contributed by atoms with Crippen molar-refractivity contribution in [2.75, 3.05) is 45.0 Å². The molecule has 2 aromatic carbocycles. The fourth-order valence-electron chi connectivity index (χ4n) is 4.49. The maximum Gasteiger partial charge on any atom is 0.290 e. The molecule has 39 heavy (non-hydrogen) atoms. The molecule has 0 fully saturated rings. The van der Waals surface area contributed by atoms with Gasteiger partial charge in [-0.05, 0) is 43.7 Å². The number of carbonyl (C=O) groups is 1. The fraction of sp³-hybridized carbons (Fsp3) is 0.379. The van der Waals surface area contributed by atoms with Crippen LogP contribution in [0.1, 0.15) is 24.8 Å². The Morgan fingerprint density at radius 2 is 1.77 bits per heavy atom. The van der Waals surface area contributed by atoms with E-state index in [1.807, 2.05) is 6.92 Å². The first-order chi connectivity index (χ1) is 19.0. The standard InChI is InChI=1S/C29H33NO9/c1-2-37-29-19(11-13-35-15-16-36-14-12-31)21(22-18-38-25-10-6-3-7-20(25)27(22)33)17-26(39-29)28(34)30-23-8-4-5-9-24(23)32/h3-10,17-19,21,29,31-32H,2,11-16H2,1H3,(H,30,34)/t19-,21-,29+/m1/s1. The lowest BCUT2D eigenvalue weighted by atomic mass is 9.81. The predicted molar refractivity (Wildman–Crippen MR) is 143 cm³/mol. The van der Waals surface area contributed by atoms with Gasteiger partial charge in [-0.2, -0.15) is 0 Å². The lowest BCUT2D eigenvalue weighted by molar-refractivity contribution is -0.166. The highest BCUT2D eigenvalue weighted by Gasteiger charge is 2.39. The number of benzene rings is 2. The number of nitrogens with one attached hydrogen (secondary N) is 1. The van der Waals surface area contributed by atoms with E-state index in [4.69, 9.17) is 28.5 Å². The molecule has 1 aliphatic heterocycles. The number of amides is 1. The third-order valence-corrected chi connectivity index (χ3v) is 6.36. The number of aliphatic hydroxyl groups is 1. The summed E-state index contributed by atoms with van der Waals surface area (Å²) in [4.78, 5) is 26.8. The molecule has 3 aromatic rings. The fourth-order valence-corrected chi connectivity index (χ4v) is 4.49. The molecule has 2 heterocycles. The van der Waals surface area contributed by atoms with E-state index in [1.165, 1.54) is 12.3 Å². The highest BCUT2D eigenvalue weighted by molar-refractivity contribution is 6.03. The van der Waals surface area contributed by atoms with Crippen LogP contribution in [0.2, 0.25) is 0 Å². The van der Waals surface area contributed by atoms with Crippen molar-refractivity contribution in [3.8, 4) is 5.75 Å². The monoisotopic (exact) mass is 539 g/mol. The molecule has 3 N–H and O–H groups in total. The summed E-state index contributed by atoms with van der Waals surface area (Å²) in [6, 6.07) is 13.3. The number of allylic oxidation sites excluding steroid dienone is 1. The molecular weight excluding hydrogens is 506 g/mol. The minimum absolute atomic E-state index is 0.0381. The van der Waals surface area contributed by atoms with Crippen LogP contribution < -0.4 is 10.7 Å². The maximum atomic E-state index is 13.6. The van der Waals surface area contributed by atoms with E-state index in [-0.39, 0.29) is 41.8 Å². The Balaban J connectivity index is 1.65. The third kappa shape index (κ3) is 7.04. The molecule has 0 radical (unpaired) electrons. The number of aromatic hydroxyl groups is 1. The van der Waals surface area contributed by atoms with Gasteiger partial charge in [0.25, 0.3) is 5.91 Å². The van der Waals surface area contributed by atoms with Crippen molar-refractivity contribution in [2.24, 2.45) is 5.92 Å². The van der Waals surface area contributed by atoms with Gasteiger partial charge >= 0.3 is 0 Å². The van der Waals surface area contributed by atoms with Crippen LogP contribution in [0.15, 0.2) is 75.8 Å². The van der Waals surface area contributed by atoms with E-state index in [0.717, 1.165) is 0 Å². The number of phenolic OH excluding ortho intramolecular Hbond substituents is 1. The van der Waals surface area contributed by atoms with Gasteiger partial charge in [0.2, 0.25) is 6.29 Å². The van der Waals surface area contributed by atoms with Gasteiger partial charge in [0, 0.05) is 30.6 Å². The number of hydrogen-bond donors (Lipinski definition) is 3. The van der Waals surface area contributed by atoms with E-state index in [9.17, 15) is 14.7 Å². The smallest absolute Gasteiger partial charge is 0.290 e. The quantitative estimate of drug-likeness (QED) is 0.220. The molecular formula is C29H33NO9. The summed E-state index contributed by atoms with van der Waals surface area (Å²) in [5, 5.41) is 22.0. The molecule has 0 saturated carbocycles. The molecule has 10 nitrogen and oxygen atoms in total. The van der Waals surface area contributed by atoms with Gasteiger partial charge in [-0.3, -0.25) is 9.59 Å². The average Bonchev–Trinajstić information content (AvgIpc) is 2.95. The first kappa shape index (κ1) is 28.3. The minimum Gasteiger partial charge on any atom is -0.506 e. The van der Waals surface area contributed by atoms with Crippen LogP contribution in [-0.4, -0.2) is 62.1 Å². The van der Waals surface area contributed by atoms with Gasteiger partial charge in [0.15, 0.2) is 11.2 Å². The molecule has 3 atom stereocenters. The van der Waals surface area contributed by atoms with Crippen LogP contribution in [0.25, 0.3) is 11.0 Å². The molecule has 4 rings (SSSR count). The molecule has 1 amide bonds. The molecule has 208 valence electrons. The molecule has 0 saturated heterocycles. The second-order valence-electron chi connectivity index (χ2n) is 8.89. The number of aliphatic hydroxyl groups excluding tert-OH is 1. The second-order valence-corrected chi connectivity index (χ2v) is 8.89. The summed E-state index contributed by atoms with van der Waals surface area (Å²) in [5.41, 5.74) is 0.842. The Kier molecular flexibility index (Phi) is 10.1. The van der Waals surface area contributed by atoms with Crippen LogP contribution >= 0.6 is 0 Å². The Bertz CT molecular complexity index is 1340. The van der Waals surface area contributed by atoms with E-state index in [0.29, 0.717) is 49.4 Å². The van der Waals surface area contributed by atoms with E-state index in [2.05, 4.69) is 5.32 Å². The van der Waals surface area contributed by atoms with Crippen molar-refractivity contribution < 1.29 is 38.4 Å². The zero-order chi connectivity index (χ0) is 27.6. The average molecular weight is 540 g/mol. The van der Waals surface area contributed by atoms with Gasteiger partial charge < -0.3 is 38.9 Å². The number of phenols is 1. The number of ether oxygens (including phenoxy) is 4. The van der Waals surface area contributed by atoms with Crippen molar-refractivity contribution >= 4 is 22.6 Å². The Hall–Kier alpha value is -3.70. The van der Waals surface area contributed by atoms with E-state index >= 15 is 0 Å². The van der Waals surface area contributed by atoms with Crippen LogP contribution in [0.3, 0.4) is 0 Å². The highest BCUT2D eigenvalue weighted by Crippen LogP contribution is 2.38. The van der Waals surface area contributed by atoms with E-state index < -0.39 is 18.1 Å². The third-order valence-electron chi connectivity index (χ3n) is 6.36. The van der Waals surface area contributed by atoms with Gasteiger partial charge in [0.05, 0.1) is 43.8 Å². The Labute approximate surface area is 225 Å². The SMILES string of the molecule is CCO[C@H]1OC(C(=O)Nc2ccccc2O)=C[C@@H](c2coc3ccccc3c2=O)[C@H]1CCOCCOCCO. The maximum absolute atomic E-state index is 13.6. The van der Waals surface area contributed by atoms with Gasteiger partial charge in [-0.1, -0.05) is 24.3 Å². The van der Waals surface area contributed by atoms with Crippen LogP contribution in [-0.2, 0) is 23.7 Å². The summed E-state index contributed by atoms with van der Waals surface area (Å²) >= 11 is 0. The zero-order valence-corrected chi connectivity index (χ0v) is 21.7. The van der Waals surface area contributed by atoms with Gasteiger partial charge in [0.1, 0.15) is 11.3 Å². The normalized spacial score (nSPS) is 18.9. The van der Waals surface area contributed by atoms with Crippen molar-refractivity contribution in [3.63, 3.8) is 0 Å². The number of rotatable bonds is 13. The molecule has 1 aliphatic rings. The minimum atomic E-state index is -0.852. The number of fused-ring (bicyclic) bond motifs is 1. The van der Waals surface area contributed by atoms with Crippen LogP contribution in [0.5, 0.6) is 5.75 Å². The van der Waals surface area contributed by atoms with Crippen molar-refractivity contribution in [3.05, 3.63) is 82.4 Å². The predicted octanol–water partition coefficient (Wildman–Crippen LogP) is 3.53. The molecule has 1 aromatic heterocycles. The van der Waals surface area contributed by atoms with Crippen molar-refractivity contribution in [1.29, 1.82) is 0 Å². The Morgan fingerprint density at radius 1 is 1.03 bits per heavy atom. The van der Waals surface area contributed by atoms with Crippen LogP contribution in [0.4, 0.5) is 5.69 Å². The lowest BCUT2D eigenvalue weighted by Crippen LogP contribution is -2.39. The summed E-state index contributed by atoms with van der Waals surface area (Å²) < 4.78 is 28.7. The van der Waals surface area contributed by atoms with Gasteiger partial charge in [-0.15, -0.1) is 0 Å². The molecule has 0 unspecified atom stereocenters. The molecule has 0 spiro atoms. The number of anilines is 1. The summed E-state index contributed by atoms with van der Waals surface area (Å²) in [6.07, 6.45) is 2.62. The Morgan fingerprint density at radius 3 is 2.54 bits per heavy atom. The second kappa shape index (κ2) is 13.9.